The number of amides is 6. The lowest BCUT2D eigenvalue weighted by Gasteiger charge is -2.29. The molecule has 578 valence electrons. The van der Waals surface area contributed by atoms with Crippen molar-refractivity contribution in [2.75, 3.05) is 39.3 Å². The van der Waals surface area contributed by atoms with Crippen LogP contribution >= 0.6 is 68.0 Å². The Hall–Kier alpha value is -6.54. The van der Waals surface area contributed by atoms with Crippen LogP contribution < -0.4 is 0 Å². The molecule has 108 heavy (non-hydrogen) atoms. The van der Waals surface area contributed by atoms with Gasteiger partial charge in [0.1, 0.15) is 0 Å². The first-order valence-electron chi connectivity index (χ1n) is 41.5. The van der Waals surface area contributed by atoms with Crippen molar-refractivity contribution < 1.29 is 28.8 Å². The van der Waals surface area contributed by atoms with Gasteiger partial charge < -0.3 is 29.4 Å². The topological polar surface area (TPSA) is 122 Å². The number of fused-ring (bicyclic) bond motifs is 3. The summed E-state index contributed by atoms with van der Waals surface area (Å²) in [5.41, 5.74) is 7.38. The van der Waals surface area contributed by atoms with Crippen LogP contribution in [0.15, 0.2) is 117 Å². The van der Waals surface area contributed by atoms with E-state index in [9.17, 15) is 0 Å². The van der Waals surface area contributed by atoms with E-state index in [1.807, 2.05) is 52.3 Å². The van der Waals surface area contributed by atoms with E-state index in [1.165, 1.54) is 0 Å². The fourth-order valence-electron chi connectivity index (χ4n) is 17.0. The third kappa shape index (κ3) is 16.3. The predicted molar refractivity (Wildman–Crippen MR) is 456 cm³/mol. The van der Waals surface area contributed by atoms with Gasteiger partial charge in [0.15, 0.2) is 0 Å². The van der Waals surface area contributed by atoms with Gasteiger partial charge in [0.25, 0.3) is 35.4 Å². The first kappa shape index (κ1) is 81.0. The fourth-order valence-corrected chi connectivity index (χ4v) is 23.1. The standard InChI is InChI=1S/C90H116N6O6S6/c1-13-25-33-57(19-7)51-91-79(67-39-31-49-103-67)73-75(87(91)99)81(93(85(73)97)53-59(21-9)35-27-15-3)69-45-41-63(105-69)65-43-47-71(107-65)83-77-78(90(102)95(83)55-61(23-11)37-29-17-5)84(96(89(77)101)56-62(24-12)38-30-18-6)72-48-44-66(108-72)64-42-46-70(106-64)82-76-74(86(98)94(82)54-60(22-10)36-28-16-4)80(68-40-32-50-104-68)92(88(76)100)52-58(20-8)34-26-14-2/h31-32,39-50,57-62H,13-30,33-38,51-56H2,1-12H3. The number of nitrogens with zero attached hydrogens (tertiary/aromatic N) is 6. The van der Waals surface area contributed by atoms with Crippen LogP contribution in [0, 0.1) is 35.5 Å². The molecule has 0 bridgehead atoms. The lowest BCUT2D eigenvalue weighted by molar-refractivity contribution is -0.124. The Kier molecular flexibility index (Phi) is 27.9. The van der Waals surface area contributed by atoms with Crippen LogP contribution in [0.4, 0.5) is 0 Å². The van der Waals surface area contributed by atoms with Crippen LogP contribution in [0.2, 0.25) is 0 Å². The second kappa shape index (κ2) is 37.2. The highest BCUT2D eigenvalue weighted by molar-refractivity contribution is 7.24. The summed E-state index contributed by atoms with van der Waals surface area (Å²) in [7, 11) is 0. The number of rotatable bonds is 44. The molecule has 6 amide bonds. The Labute approximate surface area is 668 Å². The minimum atomic E-state index is -0.134. The molecule has 0 aliphatic carbocycles. The normalized spacial score (nSPS) is 17.9. The van der Waals surface area contributed by atoms with Gasteiger partial charge in [-0.15, -0.1) is 68.0 Å². The maximum absolute atomic E-state index is 16.2. The van der Waals surface area contributed by atoms with E-state index in [0.29, 0.717) is 107 Å². The maximum atomic E-state index is 16.2. The van der Waals surface area contributed by atoms with Crippen molar-refractivity contribution in [1.29, 1.82) is 0 Å². The van der Waals surface area contributed by atoms with Gasteiger partial charge in [-0.25, -0.2) is 0 Å². The predicted octanol–water partition coefficient (Wildman–Crippen LogP) is 24.1. The monoisotopic (exact) mass is 1570 g/mol. The van der Waals surface area contributed by atoms with Crippen molar-refractivity contribution in [3.63, 3.8) is 0 Å². The Balaban J connectivity index is 0.961. The van der Waals surface area contributed by atoms with Gasteiger partial charge in [-0.2, -0.15) is 0 Å². The van der Waals surface area contributed by atoms with Crippen molar-refractivity contribution in [1.82, 2.24) is 29.4 Å². The second-order valence-corrected chi connectivity index (χ2v) is 37.2. The van der Waals surface area contributed by atoms with Crippen LogP contribution in [0.25, 0.3) is 53.7 Å². The molecule has 0 fully saturated rings. The Morgan fingerprint density at radius 3 is 0.574 bits per heavy atom. The summed E-state index contributed by atoms with van der Waals surface area (Å²) in [5, 5.41) is 4.08. The number of unbranched alkanes of at least 4 members (excludes halogenated alkanes) is 6. The molecule has 6 aliphatic heterocycles. The second-order valence-electron chi connectivity index (χ2n) is 30.9. The summed E-state index contributed by atoms with van der Waals surface area (Å²) in [6.07, 6.45) is 24.2. The van der Waals surface area contributed by atoms with Gasteiger partial charge in [0.2, 0.25) is 0 Å². The quantitative estimate of drug-likeness (QED) is 0.0376. The molecule has 12 heterocycles. The van der Waals surface area contributed by atoms with Gasteiger partial charge in [-0.1, -0.05) is 211 Å². The fraction of sp³-hybridized carbons (Fsp3) is 0.533. The molecule has 0 saturated heterocycles. The summed E-state index contributed by atoms with van der Waals surface area (Å²) in [6.45, 7) is 29.8. The molecule has 0 saturated carbocycles. The Bertz CT molecular complexity index is 4130. The number of carbonyl (C=O) groups is 6. The van der Waals surface area contributed by atoms with Crippen molar-refractivity contribution in [2.24, 2.45) is 35.5 Å². The van der Waals surface area contributed by atoms with E-state index in [4.69, 9.17) is 0 Å². The van der Waals surface area contributed by atoms with Gasteiger partial charge >= 0.3 is 0 Å². The van der Waals surface area contributed by atoms with Crippen molar-refractivity contribution in [3.8, 4) is 19.5 Å². The number of hydrogen-bond donors (Lipinski definition) is 0. The molecule has 18 heteroatoms. The smallest absolute Gasteiger partial charge is 0.261 e. The van der Waals surface area contributed by atoms with E-state index in [1.54, 1.807) is 68.0 Å². The van der Waals surface area contributed by atoms with E-state index in [2.05, 4.69) is 144 Å². The van der Waals surface area contributed by atoms with Crippen molar-refractivity contribution in [2.45, 2.75) is 237 Å². The molecule has 6 aromatic rings. The van der Waals surface area contributed by atoms with E-state index in [0.717, 1.165) is 214 Å². The van der Waals surface area contributed by atoms with Gasteiger partial charge in [0.05, 0.1) is 96.9 Å². The van der Waals surface area contributed by atoms with Crippen LogP contribution in [0.5, 0.6) is 0 Å². The summed E-state index contributed by atoms with van der Waals surface area (Å²) in [6, 6.07) is 25.1. The lowest BCUT2D eigenvalue weighted by Crippen LogP contribution is -2.34. The summed E-state index contributed by atoms with van der Waals surface area (Å²) in [4.78, 5) is 116. The largest absolute Gasteiger partial charge is 0.306 e. The maximum Gasteiger partial charge on any atom is 0.261 e. The zero-order valence-corrected chi connectivity index (χ0v) is 71.2. The van der Waals surface area contributed by atoms with Crippen LogP contribution in [-0.2, 0) is 28.8 Å². The molecule has 6 atom stereocenters. The molecular weight excluding hydrogens is 1450 g/mol. The summed E-state index contributed by atoms with van der Waals surface area (Å²) < 4.78 is 0. The lowest BCUT2D eigenvalue weighted by atomic mass is 9.98. The minimum absolute atomic E-state index is 0.0877. The molecular formula is C90H116N6O6S6. The van der Waals surface area contributed by atoms with Crippen LogP contribution in [0.1, 0.15) is 266 Å². The van der Waals surface area contributed by atoms with E-state index < -0.39 is 0 Å². The average Bonchev–Trinajstić information content (AvgIpc) is 1.56. The highest BCUT2D eigenvalue weighted by Gasteiger charge is 2.54. The first-order valence-corrected chi connectivity index (χ1v) is 46.5. The molecule has 0 aromatic carbocycles. The molecule has 0 spiro atoms. The summed E-state index contributed by atoms with van der Waals surface area (Å²) in [5.74, 6) is 0.911. The molecule has 12 rings (SSSR count). The Morgan fingerprint density at radius 1 is 0.241 bits per heavy atom. The van der Waals surface area contributed by atoms with Crippen molar-refractivity contribution >= 4 is 138 Å². The third-order valence-corrected chi connectivity index (χ3v) is 30.3. The molecule has 0 radical (unpaired) electrons. The minimum Gasteiger partial charge on any atom is -0.306 e. The third-order valence-electron chi connectivity index (χ3n) is 23.8. The summed E-state index contributed by atoms with van der Waals surface area (Å²) >= 11 is 9.60. The van der Waals surface area contributed by atoms with Crippen LogP contribution in [-0.4, -0.2) is 104 Å². The first-order chi connectivity index (χ1) is 52.6. The number of thiophene rings is 6. The number of carbonyl (C=O) groups excluding carboxylic acids is 6. The molecule has 6 aliphatic rings. The SMILES string of the molecule is CCCCC(CC)CN1C(=O)C2=C(c3ccc(-c4ccc(C5=C6C(=O)N(CC(CC)CCCC)C(c7ccc(-c8ccc(C9=C%10C(=O)N(CC(CC)CCCC)C(c%11cccs%11)=C%10C(=O)N9CC(CC)CCCC)s8)s7)=C6C(=O)N5CC(CC)CCCC)s4)s3)N(CC(CC)CCCC)C(=O)C2=C1c1cccs1. The van der Waals surface area contributed by atoms with Gasteiger partial charge in [-0.05, 0) is 145 Å². The molecule has 6 aromatic heterocycles. The highest BCUT2D eigenvalue weighted by atomic mass is 32.1. The van der Waals surface area contributed by atoms with Gasteiger partial charge in [-0.3, -0.25) is 28.8 Å². The van der Waals surface area contributed by atoms with Crippen molar-refractivity contribution in [3.05, 3.63) is 146 Å². The Morgan fingerprint density at radius 2 is 0.417 bits per heavy atom. The number of hydrogen-bond acceptors (Lipinski definition) is 12. The highest BCUT2D eigenvalue weighted by Crippen LogP contribution is 2.56. The molecule has 12 nitrogen and oxygen atoms in total. The average molecular weight is 1570 g/mol. The molecule has 0 N–H and O–H groups in total. The van der Waals surface area contributed by atoms with Gasteiger partial charge in [0, 0.05) is 58.8 Å². The van der Waals surface area contributed by atoms with E-state index >= 15 is 28.8 Å². The zero-order valence-electron chi connectivity index (χ0n) is 66.3. The molecule has 6 unspecified atom stereocenters. The zero-order chi connectivity index (χ0) is 76.4. The van der Waals surface area contributed by atoms with E-state index in [-0.39, 0.29) is 59.1 Å². The van der Waals surface area contributed by atoms with Crippen LogP contribution in [0.3, 0.4) is 0 Å².